The molecule has 0 radical (unpaired) electrons. The Labute approximate surface area is 188 Å². The topological polar surface area (TPSA) is 77.1 Å². The Balaban J connectivity index is 1.67. The molecule has 2 aromatic carbocycles. The zero-order valence-electron chi connectivity index (χ0n) is 19.1. The van der Waals surface area contributed by atoms with Gasteiger partial charge in [-0.3, -0.25) is 9.59 Å². The van der Waals surface area contributed by atoms with Crippen molar-refractivity contribution >= 4 is 23.2 Å². The second kappa shape index (κ2) is 9.10. The predicted octanol–water partition coefficient (Wildman–Crippen LogP) is 4.53. The minimum Gasteiger partial charge on any atom is -0.490 e. The summed E-state index contributed by atoms with van der Waals surface area (Å²) < 4.78 is 17.2. The maximum Gasteiger partial charge on any atom is 0.255 e. The van der Waals surface area contributed by atoms with Gasteiger partial charge in [0.05, 0.1) is 31.4 Å². The molecule has 0 unspecified atom stereocenters. The van der Waals surface area contributed by atoms with Crippen LogP contribution >= 0.6 is 0 Å². The van der Waals surface area contributed by atoms with Crippen molar-refractivity contribution in [1.82, 2.24) is 0 Å². The highest BCUT2D eigenvalue weighted by atomic mass is 16.5. The lowest BCUT2D eigenvalue weighted by Gasteiger charge is -2.26. The molecular weight excluding hydrogens is 408 g/mol. The summed E-state index contributed by atoms with van der Waals surface area (Å²) in [6.07, 6.45) is 1.82. The van der Waals surface area contributed by atoms with Crippen molar-refractivity contribution < 1.29 is 23.8 Å². The van der Waals surface area contributed by atoms with E-state index < -0.39 is 0 Å². The van der Waals surface area contributed by atoms with Crippen LogP contribution in [0.3, 0.4) is 0 Å². The van der Waals surface area contributed by atoms with E-state index in [4.69, 9.17) is 14.2 Å². The van der Waals surface area contributed by atoms with E-state index >= 15 is 0 Å². The average Bonchev–Trinajstić information content (AvgIpc) is 3.02. The smallest absolute Gasteiger partial charge is 0.255 e. The fourth-order valence-corrected chi connectivity index (χ4v) is 4.49. The van der Waals surface area contributed by atoms with Gasteiger partial charge in [0.25, 0.3) is 5.91 Å². The molecule has 0 saturated carbocycles. The lowest BCUT2D eigenvalue weighted by atomic mass is 9.96. The molecule has 1 atom stereocenters. The third-order valence-corrected chi connectivity index (χ3v) is 5.85. The van der Waals surface area contributed by atoms with Crippen LogP contribution in [0, 0.1) is 0 Å². The van der Waals surface area contributed by atoms with Gasteiger partial charge in [-0.15, -0.1) is 0 Å². The number of benzene rings is 2. The van der Waals surface area contributed by atoms with Crippen LogP contribution in [-0.2, 0) is 11.2 Å². The lowest BCUT2D eigenvalue weighted by molar-refractivity contribution is -0.119. The predicted molar refractivity (Wildman–Crippen MR) is 123 cm³/mol. The van der Waals surface area contributed by atoms with Crippen molar-refractivity contribution in [2.75, 3.05) is 36.6 Å². The van der Waals surface area contributed by atoms with E-state index in [0.29, 0.717) is 48.3 Å². The molecule has 7 nitrogen and oxygen atoms in total. The molecule has 2 aliphatic rings. The van der Waals surface area contributed by atoms with E-state index in [-0.39, 0.29) is 17.7 Å². The molecule has 4 rings (SSSR count). The first-order valence-electron chi connectivity index (χ1n) is 11.3. The van der Waals surface area contributed by atoms with Crippen LogP contribution in [0.2, 0.25) is 0 Å². The van der Waals surface area contributed by atoms with Gasteiger partial charge in [-0.1, -0.05) is 0 Å². The Hall–Kier alpha value is -3.22. The number of hydrogen-bond acceptors (Lipinski definition) is 5. The normalized spacial score (nSPS) is 16.6. The van der Waals surface area contributed by atoms with Gasteiger partial charge in [0.2, 0.25) is 11.7 Å². The van der Waals surface area contributed by atoms with Crippen molar-refractivity contribution in [3.63, 3.8) is 0 Å². The highest BCUT2D eigenvalue weighted by Crippen LogP contribution is 2.44. The molecule has 32 heavy (non-hydrogen) atoms. The van der Waals surface area contributed by atoms with E-state index in [1.165, 1.54) is 0 Å². The number of hydrogen-bond donors (Lipinski definition) is 1. The second-order valence-electron chi connectivity index (χ2n) is 7.94. The van der Waals surface area contributed by atoms with Crippen molar-refractivity contribution in [1.29, 1.82) is 0 Å². The number of ether oxygens (including phenoxy) is 3. The molecule has 2 amide bonds. The van der Waals surface area contributed by atoms with Crippen LogP contribution in [0.25, 0.3) is 0 Å². The number of aryl methyl sites for hydroxylation is 1. The first-order chi connectivity index (χ1) is 15.5. The van der Waals surface area contributed by atoms with Crippen LogP contribution in [0.4, 0.5) is 11.4 Å². The first-order valence-corrected chi connectivity index (χ1v) is 11.3. The van der Waals surface area contributed by atoms with E-state index in [9.17, 15) is 9.59 Å². The largest absolute Gasteiger partial charge is 0.490 e. The minimum atomic E-state index is -0.272. The number of carbonyl (C=O) groups excluding carboxylic acids is 2. The molecule has 170 valence electrons. The molecular formula is C25H30N2O5. The average molecular weight is 439 g/mol. The summed E-state index contributed by atoms with van der Waals surface area (Å²) in [5, 5.41) is 3.01. The van der Waals surface area contributed by atoms with Gasteiger partial charge in [0, 0.05) is 17.8 Å². The summed E-state index contributed by atoms with van der Waals surface area (Å²) in [4.78, 5) is 27.7. The number of nitrogens with one attached hydrogen (secondary N) is 1. The Morgan fingerprint density at radius 1 is 1.03 bits per heavy atom. The third kappa shape index (κ3) is 3.87. The fraction of sp³-hybridized carbons (Fsp3) is 0.440. The number of carbonyl (C=O) groups is 2. The van der Waals surface area contributed by atoms with Crippen LogP contribution < -0.4 is 24.4 Å². The van der Waals surface area contributed by atoms with Gasteiger partial charge < -0.3 is 24.4 Å². The van der Waals surface area contributed by atoms with Crippen molar-refractivity contribution in [3.8, 4) is 17.2 Å². The second-order valence-corrected chi connectivity index (χ2v) is 7.94. The van der Waals surface area contributed by atoms with Crippen molar-refractivity contribution in [3.05, 3.63) is 41.0 Å². The molecule has 2 aromatic rings. The highest BCUT2D eigenvalue weighted by molar-refractivity contribution is 6.08. The number of amides is 2. The standard InChI is InChI=1S/C25H30N2O5/c1-5-30-20-12-17(13-21(31-6-2)23(20)32-7-3)24(28)26-18-11-16-9-8-10-27-22(16)19(14-18)15(4)25(27)29/h11-15H,5-10H2,1-4H3,(H,26,28)/t15-/m0/s1. The highest BCUT2D eigenvalue weighted by Gasteiger charge is 2.38. The van der Waals surface area contributed by atoms with Crippen LogP contribution in [0.15, 0.2) is 24.3 Å². The van der Waals surface area contributed by atoms with Crippen molar-refractivity contribution in [2.24, 2.45) is 0 Å². The Morgan fingerprint density at radius 3 is 2.31 bits per heavy atom. The Morgan fingerprint density at radius 2 is 1.69 bits per heavy atom. The zero-order valence-corrected chi connectivity index (χ0v) is 19.1. The minimum absolute atomic E-state index is 0.138. The molecule has 0 aliphatic carbocycles. The molecule has 2 aliphatic heterocycles. The summed E-state index contributed by atoms with van der Waals surface area (Å²) in [7, 11) is 0. The monoisotopic (exact) mass is 438 g/mol. The van der Waals surface area contributed by atoms with Crippen LogP contribution in [-0.4, -0.2) is 38.2 Å². The number of anilines is 2. The number of rotatable bonds is 8. The molecule has 0 aromatic heterocycles. The van der Waals surface area contributed by atoms with E-state index in [2.05, 4.69) is 5.32 Å². The Bertz CT molecular complexity index is 1020. The molecule has 7 heteroatoms. The van der Waals surface area contributed by atoms with Gasteiger partial charge in [0.15, 0.2) is 11.5 Å². The van der Waals surface area contributed by atoms with E-state index in [1.807, 2.05) is 44.7 Å². The summed E-state index contributed by atoms with van der Waals surface area (Å²) in [5.74, 6) is 1.12. The first kappa shape index (κ1) is 22.0. The van der Waals surface area contributed by atoms with Crippen LogP contribution in [0.1, 0.15) is 61.5 Å². The molecule has 0 fully saturated rings. The van der Waals surface area contributed by atoms with Crippen molar-refractivity contribution in [2.45, 2.75) is 46.5 Å². The Kier molecular flexibility index (Phi) is 6.26. The zero-order chi connectivity index (χ0) is 22.8. The SMILES string of the molecule is CCOc1cc(C(=O)Nc2cc3c4c(c2)[C@H](C)C(=O)N4CCC3)cc(OCC)c1OCC. The van der Waals surface area contributed by atoms with Gasteiger partial charge in [-0.2, -0.15) is 0 Å². The van der Waals surface area contributed by atoms with E-state index in [0.717, 1.165) is 36.2 Å². The fourth-order valence-electron chi connectivity index (χ4n) is 4.49. The maximum atomic E-state index is 13.2. The van der Waals surface area contributed by atoms with Gasteiger partial charge >= 0.3 is 0 Å². The van der Waals surface area contributed by atoms with Gasteiger partial charge in [-0.05, 0) is 75.9 Å². The van der Waals surface area contributed by atoms with Crippen LogP contribution in [0.5, 0.6) is 17.2 Å². The molecule has 0 bridgehead atoms. The quantitative estimate of drug-likeness (QED) is 0.655. The summed E-state index contributed by atoms with van der Waals surface area (Å²) in [6.45, 7) is 9.67. The molecule has 0 spiro atoms. The maximum absolute atomic E-state index is 13.2. The summed E-state index contributed by atoms with van der Waals surface area (Å²) in [5.41, 5.74) is 4.24. The molecule has 0 saturated heterocycles. The van der Waals surface area contributed by atoms with Gasteiger partial charge in [-0.25, -0.2) is 0 Å². The molecule has 2 heterocycles. The lowest BCUT2D eigenvalue weighted by Crippen LogP contribution is -2.32. The molecule has 1 N–H and O–H groups in total. The number of nitrogens with zero attached hydrogens (tertiary/aromatic N) is 1. The van der Waals surface area contributed by atoms with E-state index in [1.54, 1.807) is 12.1 Å². The summed E-state index contributed by atoms with van der Waals surface area (Å²) in [6, 6.07) is 7.26. The summed E-state index contributed by atoms with van der Waals surface area (Å²) >= 11 is 0. The third-order valence-electron chi connectivity index (χ3n) is 5.85. The van der Waals surface area contributed by atoms with Gasteiger partial charge in [0.1, 0.15) is 0 Å².